The minimum absolute atomic E-state index is 0.0945. The molecular weight excluding hydrogens is 202 g/mol. The first-order chi connectivity index (χ1) is 7.00. The molecule has 0 aromatic carbocycles. The molecule has 3 nitrogen and oxygen atoms in total. The van der Waals surface area contributed by atoms with Crippen LogP contribution in [0, 0.1) is 11.6 Å². The molecule has 0 spiro atoms. The lowest BCUT2D eigenvalue weighted by atomic mass is 10.2. The lowest BCUT2D eigenvalue weighted by molar-refractivity contribution is 0.186. The molecule has 5 heteroatoms. The number of aliphatic hydroxyl groups is 1. The van der Waals surface area contributed by atoms with E-state index in [2.05, 4.69) is 4.98 Å². The normalized spacial score (nSPS) is 12.6. The van der Waals surface area contributed by atoms with Crippen LogP contribution in [-0.2, 0) is 0 Å². The van der Waals surface area contributed by atoms with Gasteiger partial charge in [-0.3, -0.25) is 0 Å². The van der Waals surface area contributed by atoms with Crippen molar-refractivity contribution in [1.82, 2.24) is 4.98 Å². The van der Waals surface area contributed by atoms with E-state index in [-0.39, 0.29) is 5.82 Å². The zero-order chi connectivity index (χ0) is 11.4. The highest BCUT2D eigenvalue weighted by atomic mass is 19.1. The molecule has 0 saturated heterocycles. The second-order valence-electron chi connectivity index (χ2n) is 3.52. The Kier molecular flexibility index (Phi) is 3.96. The Morgan fingerprint density at radius 2 is 2.20 bits per heavy atom. The predicted octanol–water partition coefficient (Wildman–Crippen LogP) is 1.57. The summed E-state index contributed by atoms with van der Waals surface area (Å²) < 4.78 is 25.8. The topological polar surface area (TPSA) is 36.4 Å². The van der Waals surface area contributed by atoms with Crippen molar-refractivity contribution in [3.63, 3.8) is 0 Å². The van der Waals surface area contributed by atoms with Gasteiger partial charge in [-0.1, -0.05) is 0 Å². The third kappa shape index (κ3) is 3.43. The molecule has 0 saturated carbocycles. The molecule has 84 valence electrons. The van der Waals surface area contributed by atoms with E-state index in [4.69, 9.17) is 5.11 Å². The summed E-state index contributed by atoms with van der Waals surface area (Å²) in [6, 6.07) is 0.793. The van der Waals surface area contributed by atoms with E-state index in [1.165, 1.54) is 0 Å². The molecular formula is C10H14F2N2O. The van der Waals surface area contributed by atoms with Crippen LogP contribution in [0.25, 0.3) is 0 Å². The summed E-state index contributed by atoms with van der Waals surface area (Å²) >= 11 is 0. The van der Waals surface area contributed by atoms with Crippen molar-refractivity contribution in [3.8, 4) is 0 Å². The number of hydrogen-bond donors (Lipinski definition) is 1. The zero-order valence-corrected chi connectivity index (χ0v) is 8.74. The van der Waals surface area contributed by atoms with Gasteiger partial charge in [0.25, 0.3) is 0 Å². The first kappa shape index (κ1) is 11.8. The average molecular weight is 216 g/mol. The Morgan fingerprint density at radius 3 is 2.73 bits per heavy atom. The molecule has 1 heterocycles. The SMILES string of the molecule is CC(O)CCN(C)c1ncc(F)cc1F. The Labute approximate surface area is 87.4 Å². The molecule has 0 amide bonds. The second kappa shape index (κ2) is 5.02. The molecule has 1 aromatic heterocycles. The van der Waals surface area contributed by atoms with Crippen molar-refractivity contribution in [2.75, 3.05) is 18.5 Å². The van der Waals surface area contributed by atoms with E-state index < -0.39 is 17.7 Å². The van der Waals surface area contributed by atoms with Gasteiger partial charge in [0.1, 0.15) is 5.82 Å². The van der Waals surface area contributed by atoms with Crippen LogP contribution in [0.5, 0.6) is 0 Å². The fraction of sp³-hybridized carbons (Fsp3) is 0.500. The van der Waals surface area contributed by atoms with Crippen molar-refractivity contribution in [3.05, 3.63) is 23.9 Å². The molecule has 1 aromatic rings. The number of anilines is 1. The summed E-state index contributed by atoms with van der Waals surface area (Å²) in [5.41, 5.74) is 0. The van der Waals surface area contributed by atoms with Gasteiger partial charge in [0, 0.05) is 19.7 Å². The zero-order valence-electron chi connectivity index (χ0n) is 8.74. The summed E-state index contributed by atoms with van der Waals surface area (Å²) in [7, 11) is 1.64. The van der Waals surface area contributed by atoms with Crippen molar-refractivity contribution >= 4 is 5.82 Å². The van der Waals surface area contributed by atoms with E-state index in [0.29, 0.717) is 13.0 Å². The first-order valence-electron chi connectivity index (χ1n) is 4.71. The number of hydrogen-bond acceptors (Lipinski definition) is 3. The minimum Gasteiger partial charge on any atom is -0.393 e. The molecule has 1 rings (SSSR count). The third-order valence-corrected chi connectivity index (χ3v) is 2.03. The highest BCUT2D eigenvalue weighted by Crippen LogP contribution is 2.15. The van der Waals surface area contributed by atoms with Crippen LogP contribution >= 0.6 is 0 Å². The van der Waals surface area contributed by atoms with E-state index in [1.807, 2.05) is 0 Å². The van der Waals surface area contributed by atoms with Gasteiger partial charge in [-0.15, -0.1) is 0 Å². The first-order valence-corrected chi connectivity index (χ1v) is 4.71. The van der Waals surface area contributed by atoms with E-state index >= 15 is 0 Å². The number of halogens is 2. The van der Waals surface area contributed by atoms with Gasteiger partial charge in [0.15, 0.2) is 11.6 Å². The number of nitrogens with zero attached hydrogens (tertiary/aromatic N) is 2. The largest absolute Gasteiger partial charge is 0.393 e. The van der Waals surface area contributed by atoms with Gasteiger partial charge in [0.2, 0.25) is 0 Å². The summed E-state index contributed by atoms with van der Waals surface area (Å²) in [6.45, 7) is 2.12. The van der Waals surface area contributed by atoms with Crippen LogP contribution in [0.4, 0.5) is 14.6 Å². The Morgan fingerprint density at radius 1 is 1.53 bits per heavy atom. The van der Waals surface area contributed by atoms with Crippen LogP contribution in [0.1, 0.15) is 13.3 Å². The molecule has 0 aliphatic carbocycles. The number of rotatable bonds is 4. The summed E-state index contributed by atoms with van der Waals surface area (Å²) in [4.78, 5) is 5.19. The molecule has 0 radical (unpaired) electrons. The Balaban J connectivity index is 2.69. The van der Waals surface area contributed by atoms with Crippen molar-refractivity contribution < 1.29 is 13.9 Å². The fourth-order valence-corrected chi connectivity index (χ4v) is 1.17. The van der Waals surface area contributed by atoms with Crippen LogP contribution in [0.3, 0.4) is 0 Å². The van der Waals surface area contributed by atoms with Crippen molar-refractivity contribution in [2.24, 2.45) is 0 Å². The lowest BCUT2D eigenvalue weighted by Crippen LogP contribution is -2.23. The van der Waals surface area contributed by atoms with Crippen molar-refractivity contribution in [2.45, 2.75) is 19.4 Å². The monoisotopic (exact) mass is 216 g/mol. The molecule has 0 bridgehead atoms. The van der Waals surface area contributed by atoms with Crippen LogP contribution in [-0.4, -0.2) is 29.8 Å². The van der Waals surface area contributed by atoms with Crippen LogP contribution in [0.15, 0.2) is 12.3 Å². The van der Waals surface area contributed by atoms with Gasteiger partial charge < -0.3 is 10.0 Å². The van der Waals surface area contributed by atoms with Gasteiger partial charge in [-0.05, 0) is 13.3 Å². The summed E-state index contributed by atoms with van der Waals surface area (Å²) in [6.07, 6.45) is 1.03. The molecule has 1 unspecified atom stereocenters. The summed E-state index contributed by atoms with van der Waals surface area (Å²) in [5, 5.41) is 9.06. The number of aromatic nitrogens is 1. The van der Waals surface area contributed by atoms with Crippen LogP contribution in [0.2, 0.25) is 0 Å². The van der Waals surface area contributed by atoms with Gasteiger partial charge >= 0.3 is 0 Å². The average Bonchev–Trinajstić information content (AvgIpc) is 2.14. The maximum atomic E-state index is 13.2. The van der Waals surface area contributed by atoms with E-state index in [1.54, 1.807) is 18.9 Å². The maximum absolute atomic E-state index is 13.2. The molecule has 1 atom stereocenters. The Bertz CT molecular complexity index is 331. The Hall–Kier alpha value is -1.23. The van der Waals surface area contributed by atoms with Gasteiger partial charge in [0.05, 0.1) is 12.3 Å². The quantitative estimate of drug-likeness (QED) is 0.829. The highest BCUT2D eigenvalue weighted by Gasteiger charge is 2.10. The standard InChI is InChI=1S/C10H14F2N2O/c1-7(15)3-4-14(2)10-9(12)5-8(11)6-13-10/h5-7,15H,3-4H2,1-2H3. The second-order valence-corrected chi connectivity index (χ2v) is 3.52. The fourth-order valence-electron chi connectivity index (χ4n) is 1.17. The lowest BCUT2D eigenvalue weighted by Gasteiger charge is -2.19. The van der Waals surface area contributed by atoms with Gasteiger partial charge in [-0.25, -0.2) is 13.8 Å². The molecule has 1 N–H and O–H groups in total. The summed E-state index contributed by atoms with van der Waals surface area (Å²) in [5.74, 6) is -1.29. The van der Waals surface area contributed by atoms with E-state index in [9.17, 15) is 8.78 Å². The van der Waals surface area contributed by atoms with E-state index in [0.717, 1.165) is 12.3 Å². The maximum Gasteiger partial charge on any atom is 0.168 e. The minimum atomic E-state index is -0.694. The number of pyridine rings is 1. The predicted molar refractivity (Wildman–Crippen MR) is 53.7 cm³/mol. The van der Waals surface area contributed by atoms with Crippen molar-refractivity contribution in [1.29, 1.82) is 0 Å². The molecule has 15 heavy (non-hydrogen) atoms. The molecule has 0 fully saturated rings. The van der Waals surface area contributed by atoms with Crippen LogP contribution < -0.4 is 4.90 Å². The van der Waals surface area contributed by atoms with Gasteiger partial charge in [-0.2, -0.15) is 0 Å². The molecule has 0 aliphatic rings. The third-order valence-electron chi connectivity index (χ3n) is 2.03. The highest BCUT2D eigenvalue weighted by molar-refractivity contribution is 5.38. The molecule has 0 aliphatic heterocycles. The number of aliphatic hydroxyl groups excluding tert-OH is 1. The smallest absolute Gasteiger partial charge is 0.168 e.